The maximum Gasteiger partial charge on any atom is 0.131 e. The fourth-order valence-corrected chi connectivity index (χ4v) is 1.50. The van der Waals surface area contributed by atoms with Gasteiger partial charge in [-0.25, -0.2) is 4.39 Å². The summed E-state index contributed by atoms with van der Waals surface area (Å²) in [6.07, 6.45) is 0. The first-order chi connectivity index (χ1) is 8.50. The van der Waals surface area contributed by atoms with Gasteiger partial charge in [-0.1, -0.05) is 19.9 Å². The third kappa shape index (κ3) is 5.02. The first-order valence-electron chi connectivity index (χ1n) is 6.26. The van der Waals surface area contributed by atoms with Crippen molar-refractivity contribution in [1.29, 1.82) is 0 Å². The molecule has 1 unspecified atom stereocenters. The summed E-state index contributed by atoms with van der Waals surface area (Å²) in [5.74, 6) is 0.684. The molecule has 0 heterocycles. The highest BCUT2D eigenvalue weighted by Crippen LogP contribution is 2.20. The first kappa shape index (κ1) is 14.9. The summed E-state index contributed by atoms with van der Waals surface area (Å²) in [4.78, 5) is 0. The SMILES string of the molecule is CC(C)COCCOc1ccc(C(C)N)c(F)c1. The lowest BCUT2D eigenvalue weighted by molar-refractivity contribution is 0.0818. The van der Waals surface area contributed by atoms with Crippen molar-refractivity contribution in [2.75, 3.05) is 19.8 Å². The highest BCUT2D eigenvalue weighted by Gasteiger charge is 2.07. The second-order valence-electron chi connectivity index (χ2n) is 4.79. The molecular formula is C14H22FNO2. The number of rotatable bonds is 7. The number of ether oxygens (including phenoxy) is 2. The molecule has 1 rings (SSSR count). The lowest BCUT2D eigenvalue weighted by atomic mass is 10.1. The Morgan fingerprint density at radius 1 is 1.22 bits per heavy atom. The molecule has 18 heavy (non-hydrogen) atoms. The van der Waals surface area contributed by atoms with E-state index in [1.54, 1.807) is 19.1 Å². The zero-order chi connectivity index (χ0) is 13.5. The van der Waals surface area contributed by atoms with Crippen LogP contribution in [0.25, 0.3) is 0 Å². The Balaban J connectivity index is 2.37. The molecule has 0 saturated heterocycles. The molecule has 0 fully saturated rings. The minimum absolute atomic E-state index is 0.312. The fraction of sp³-hybridized carbons (Fsp3) is 0.571. The van der Waals surface area contributed by atoms with E-state index in [0.29, 0.717) is 37.1 Å². The van der Waals surface area contributed by atoms with E-state index in [2.05, 4.69) is 13.8 Å². The summed E-state index contributed by atoms with van der Waals surface area (Å²) in [6.45, 7) is 7.56. The van der Waals surface area contributed by atoms with Gasteiger partial charge in [0.05, 0.1) is 6.61 Å². The number of benzene rings is 1. The summed E-state index contributed by atoms with van der Waals surface area (Å²) in [7, 11) is 0. The minimum Gasteiger partial charge on any atom is -0.491 e. The third-order valence-corrected chi connectivity index (χ3v) is 2.41. The van der Waals surface area contributed by atoms with Crippen LogP contribution in [0, 0.1) is 11.7 Å². The van der Waals surface area contributed by atoms with Crippen LogP contribution in [-0.2, 0) is 4.74 Å². The van der Waals surface area contributed by atoms with E-state index >= 15 is 0 Å². The van der Waals surface area contributed by atoms with Crippen LogP contribution < -0.4 is 10.5 Å². The van der Waals surface area contributed by atoms with Crippen LogP contribution in [-0.4, -0.2) is 19.8 Å². The molecule has 0 aromatic heterocycles. The van der Waals surface area contributed by atoms with Gasteiger partial charge in [-0.05, 0) is 18.9 Å². The Morgan fingerprint density at radius 2 is 1.94 bits per heavy atom. The van der Waals surface area contributed by atoms with Crippen molar-refractivity contribution in [1.82, 2.24) is 0 Å². The summed E-state index contributed by atoms with van der Waals surface area (Å²) in [5.41, 5.74) is 6.13. The fourth-order valence-electron chi connectivity index (χ4n) is 1.50. The maximum absolute atomic E-state index is 13.6. The van der Waals surface area contributed by atoms with Crippen molar-refractivity contribution in [2.45, 2.75) is 26.8 Å². The highest BCUT2D eigenvalue weighted by molar-refractivity contribution is 5.30. The van der Waals surface area contributed by atoms with E-state index in [1.807, 2.05) is 0 Å². The zero-order valence-corrected chi connectivity index (χ0v) is 11.3. The van der Waals surface area contributed by atoms with Gasteiger partial charge in [0, 0.05) is 24.3 Å². The van der Waals surface area contributed by atoms with E-state index in [-0.39, 0.29) is 11.9 Å². The van der Waals surface area contributed by atoms with Gasteiger partial charge in [0.25, 0.3) is 0 Å². The normalized spacial score (nSPS) is 12.8. The largest absolute Gasteiger partial charge is 0.491 e. The lowest BCUT2D eigenvalue weighted by Gasteiger charge is -2.11. The maximum atomic E-state index is 13.6. The topological polar surface area (TPSA) is 44.5 Å². The number of hydrogen-bond donors (Lipinski definition) is 1. The molecule has 4 heteroatoms. The standard InChI is InChI=1S/C14H22FNO2/c1-10(2)9-17-6-7-18-12-4-5-13(11(3)16)14(15)8-12/h4-5,8,10-11H,6-7,9,16H2,1-3H3. The Bertz CT molecular complexity index is 367. The molecule has 0 radical (unpaired) electrons. The average molecular weight is 255 g/mol. The summed E-state index contributed by atoms with van der Waals surface area (Å²) in [6, 6.07) is 4.43. The summed E-state index contributed by atoms with van der Waals surface area (Å²) >= 11 is 0. The molecule has 0 amide bonds. The molecule has 0 saturated carbocycles. The molecule has 0 spiro atoms. The van der Waals surface area contributed by atoms with Crippen molar-refractivity contribution in [3.63, 3.8) is 0 Å². The Labute approximate surface area is 108 Å². The van der Waals surface area contributed by atoms with Gasteiger partial charge in [-0.2, -0.15) is 0 Å². The van der Waals surface area contributed by atoms with Crippen molar-refractivity contribution >= 4 is 0 Å². The van der Waals surface area contributed by atoms with Gasteiger partial charge >= 0.3 is 0 Å². The van der Waals surface area contributed by atoms with Crippen molar-refractivity contribution < 1.29 is 13.9 Å². The molecule has 102 valence electrons. The van der Waals surface area contributed by atoms with E-state index in [9.17, 15) is 4.39 Å². The van der Waals surface area contributed by atoms with Crippen LogP contribution in [0.1, 0.15) is 32.4 Å². The van der Waals surface area contributed by atoms with Crippen LogP contribution in [0.4, 0.5) is 4.39 Å². The van der Waals surface area contributed by atoms with Gasteiger partial charge in [-0.15, -0.1) is 0 Å². The van der Waals surface area contributed by atoms with E-state index in [0.717, 1.165) is 0 Å². The second-order valence-corrected chi connectivity index (χ2v) is 4.79. The van der Waals surface area contributed by atoms with Crippen LogP contribution in [0.5, 0.6) is 5.75 Å². The van der Waals surface area contributed by atoms with Gasteiger partial charge in [0.1, 0.15) is 18.2 Å². The summed E-state index contributed by atoms with van der Waals surface area (Å²) in [5, 5.41) is 0. The van der Waals surface area contributed by atoms with Crippen LogP contribution in [0.3, 0.4) is 0 Å². The molecule has 1 aromatic rings. The van der Waals surface area contributed by atoms with E-state index in [1.165, 1.54) is 6.07 Å². The Hall–Kier alpha value is -1.13. The molecule has 1 aromatic carbocycles. The molecule has 1 atom stereocenters. The van der Waals surface area contributed by atoms with Gasteiger partial charge in [0.2, 0.25) is 0 Å². The van der Waals surface area contributed by atoms with Crippen LogP contribution >= 0.6 is 0 Å². The van der Waals surface area contributed by atoms with E-state index < -0.39 is 0 Å². The van der Waals surface area contributed by atoms with Crippen molar-refractivity contribution in [2.24, 2.45) is 11.7 Å². The highest BCUT2D eigenvalue weighted by atomic mass is 19.1. The smallest absolute Gasteiger partial charge is 0.131 e. The predicted octanol–water partition coefficient (Wildman–Crippen LogP) is 2.90. The first-order valence-corrected chi connectivity index (χ1v) is 6.26. The third-order valence-electron chi connectivity index (χ3n) is 2.41. The van der Waals surface area contributed by atoms with Gasteiger partial charge < -0.3 is 15.2 Å². The number of halogens is 1. The molecular weight excluding hydrogens is 233 g/mol. The van der Waals surface area contributed by atoms with Crippen molar-refractivity contribution in [3.05, 3.63) is 29.6 Å². The molecule has 0 bridgehead atoms. The molecule has 2 N–H and O–H groups in total. The monoisotopic (exact) mass is 255 g/mol. The Morgan fingerprint density at radius 3 is 2.50 bits per heavy atom. The van der Waals surface area contributed by atoms with Crippen LogP contribution in [0.2, 0.25) is 0 Å². The summed E-state index contributed by atoms with van der Waals surface area (Å²) < 4.78 is 24.4. The molecule has 0 aliphatic carbocycles. The second kappa shape index (κ2) is 7.34. The van der Waals surface area contributed by atoms with E-state index in [4.69, 9.17) is 15.2 Å². The number of nitrogens with two attached hydrogens (primary N) is 1. The van der Waals surface area contributed by atoms with Crippen molar-refractivity contribution in [3.8, 4) is 5.75 Å². The predicted molar refractivity (Wildman–Crippen MR) is 70.2 cm³/mol. The minimum atomic E-state index is -0.328. The quantitative estimate of drug-likeness (QED) is 0.762. The number of hydrogen-bond acceptors (Lipinski definition) is 3. The molecule has 3 nitrogen and oxygen atoms in total. The molecule has 0 aliphatic rings. The van der Waals surface area contributed by atoms with Crippen LogP contribution in [0.15, 0.2) is 18.2 Å². The zero-order valence-electron chi connectivity index (χ0n) is 11.3. The average Bonchev–Trinajstić information content (AvgIpc) is 2.27. The van der Waals surface area contributed by atoms with Gasteiger partial charge in [0.15, 0.2) is 0 Å². The molecule has 0 aliphatic heterocycles. The lowest BCUT2D eigenvalue weighted by Crippen LogP contribution is -2.11. The Kier molecular flexibility index (Phi) is 6.09. The van der Waals surface area contributed by atoms with Gasteiger partial charge in [-0.3, -0.25) is 0 Å².